The van der Waals surface area contributed by atoms with Gasteiger partial charge in [0.15, 0.2) is 0 Å². The summed E-state index contributed by atoms with van der Waals surface area (Å²) in [5.74, 6) is 3.64. The summed E-state index contributed by atoms with van der Waals surface area (Å²) in [5, 5.41) is 0. The maximum absolute atomic E-state index is 2.47. The van der Waals surface area contributed by atoms with Crippen molar-refractivity contribution in [2.75, 3.05) is 0 Å². The second-order valence-corrected chi connectivity index (χ2v) is 6.53. The highest BCUT2D eigenvalue weighted by molar-refractivity contribution is 4.96. The maximum Gasteiger partial charge on any atom is -0.0295 e. The third-order valence-electron chi connectivity index (χ3n) is 4.53. The van der Waals surface area contributed by atoms with Gasteiger partial charge in [-0.3, -0.25) is 0 Å². The molecule has 0 heterocycles. The van der Waals surface area contributed by atoms with Crippen LogP contribution < -0.4 is 0 Å². The highest BCUT2D eigenvalue weighted by Crippen LogP contribution is 2.56. The van der Waals surface area contributed by atoms with Gasteiger partial charge in [0.25, 0.3) is 0 Å². The minimum absolute atomic E-state index is 0.704. The normalized spacial score (nSPS) is 35.8. The fourth-order valence-corrected chi connectivity index (χ4v) is 2.71. The molecule has 1 saturated carbocycles. The fourth-order valence-electron chi connectivity index (χ4n) is 2.71. The van der Waals surface area contributed by atoms with Crippen molar-refractivity contribution in [3.63, 3.8) is 0 Å². The molecule has 4 unspecified atom stereocenters. The first kappa shape index (κ1) is 12.1. The van der Waals surface area contributed by atoms with E-state index in [1.165, 1.54) is 19.3 Å². The Morgan fingerprint density at radius 3 is 2.07 bits per heavy atom. The monoisotopic (exact) mass is 196 g/mol. The van der Waals surface area contributed by atoms with E-state index in [4.69, 9.17) is 0 Å². The Balaban J connectivity index is 2.26. The van der Waals surface area contributed by atoms with Gasteiger partial charge in [0.2, 0.25) is 0 Å². The Labute approximate surface area is 90.5 Å². The summed E-state index contributed by atoms with van der Waals surface area (Å²) in [6.07, 6.45) is 4.33. The molecule has 0 amide bonds. The zero-order valence-electron chi connectivity index (χ0n) is 10.9. The van der Waals surface area contributed by atoms with Crippen molar-refractivity contribution in [3.05, 3.63) is 0 Å². The fraction of sp³-hybridized carbons (Fsp3) is 1.00. The zero-order chi connectivity index (χ0) is 10.9. The van der Waals surface area contributed by atoms with Gasteiger partial charge in [0.1, 0.15) is 0 Å². The zero-order valence-corrected chi connectivity index (χ0v) is 10.9. The van der Waals surface area contributed by atoms with Gasteiger partial charge < -0.3 is 0 Å². The summed E-state index contributed by atoms with van der Waals surface area (Å²) in [7, 11) is 0. The van der Waals surface area contributed by atoms with Crippen LogP contribution in [0.1, 0.15) is 60.8 Å². The average Bonchev–Trinajstić information content (AvgIpc) is 2.57. The van der Waals surface area contributed by atoms with Crippen LogP contribution in [0.3, 0.4) is 0 Å². The van der Waals surface area contributed by atoms with E-state index < -0.39 is 0 Å². The van der Waals surface area contributed by atoms with E-state index in [-0.39, 0.29) is 0 Å². The molecule has 1 aliphatic rings. The molecule has 0 saturated heterocycles. The number of rotatable bonds is 5. The number of hydrogen-bond donors (Lipinski definition) is 0. The molecule has 0 heteroatoms. The van der Waals surface area contributed by atoms with Gasteiger partial charge in [-0.1, -0.05) is 41.5 Å². The Bertz CT molecular complexity index is 182. The lowest BCUT2D eigenvalue weighted by atomic mass is 9.83. The molecular formula is C14H28. The van der Waals surface area contributed by atoms with Crippen LogP contribution in [-0.4, -0.2) is 0 Å². The SMILES string of the molecule is CC(CC(C)C(C)C)CC1(C)CC1C. The lowest BCUT2D eigenvalue weighted by molar-refractivity contribution is 0.281. The first-order valence-electron chi connectivity index (χ1n) is 6.35. The summed E-state index contributed by atoms with van der Waals surface area (Å²) < 4.78 is 0. The smallest absolute Gasteiger partial charge is 0.0295 e. The third kappa shape index (κ3) is 3.00. The quantitative estimate of drug-likeness (QED) is 0.595. The van der Waals surface area contributed by atoms with Crippen LogP contribution in [0.5, 0.6) is 0 Å². The van der Waals surface area contributed by atoms with E-state index in [0.717, 1.165) is 23.7 Å². The molecule has 0 nitrogen and oxygen atoms in total. The molecule has 0 spiro atoms. The van der Waals surface area contributed by atoms with Crippen LogP contribution in [-0.2, 0) is 0 Å². The van der Waals surface area contributed by atoms with E-state index in [0.29, 0.717) is 5.41 Å². The first-order chi connectivity index (χ1) is 6.35. The largest absolute Gasteiger partial charge is 0.0625 e. The summed E-state index contributed by atoms with van der Waals surface area (Å²) in [5.41, 5.74) is 0.704. The summed E-state index contributed by atoms with van der Waals surface area (Å²) in [6, 6.07) is 0. The molecule has 0 aromatic heterocycles. The van der Waals surface area contributed by atoms with Gasteiger partial charge in [0, 0.05) is 0 Å². The lowest BCUT2D eigenvalue weighted by Crippen LogP contribution is -2.12. The topological polar surface area (TPSA) is 0 Å². The molecule has 4 atom stereocenters. The van der Waals surface area contributed by atoms with E-state index in [2.05, 4.69) is 41.5 Å². The van der Waals surface area contributed by atoms with E-state index in [1.807, 2.05) is 0 Å². The van der Waals surface area contributed by atoms with Gasteiger partial charge in [-0.25, -0.2) is 0 Å². The van der Waals surface area contributed by atoms with Gasteiger partial charge >= 0.3 is 0 Å². The molecule has 0 aliphatic heterocycles. The molecule has 1 aliphatic carbocycles. The molecule has 0 N–H and O–H groups in total. The van der Waals surface area contributed by atoms with Crippen LogP contribution >= 0.6 is 0 Å². The van der Waals surface area contributed by atoms with Gasteiger partial charge in [-0.2, -0.15) is 0 Å². The second kappa shape index (κ2) is 4.24. The Morgan fingerprint density at radius 1 is 1.21 bits per heavy atom. The summed E-state index contributed by atoms with van der Waals surface area (Å²) in [4.78, 5) is 0. The predicted octanol–water partition coefficient (Wildman–Crippen LogP) is 4.74. The molecule has 84 valence electrons. The van der Waals surface area contributed by atoms with E-state index in [9.17, 15) is 0 Å². The molecular weight excluding hydrogens is 168 g/mol. The molecule has 0 aromatic carbocycles. The van der Waals surface area contributed by atoms with Crippen LogP contribution in [0.4, 0.5) is 0 Å². The Kier molecular flexibility index (Phi) is 3.66. The summed E-state index contributed by atoms with van der Waals surface area (Å²) >= 11 is 0. The maximum atomic E-state index is 2.47. The first-order valence-corrected chi connectivity index (χ1v) is 6.35. The molecule has 0 bridgehead atoms. The molecule has 14 heavy (non-hydrogen) atoms. The van der Waals surface area contributed by atoms with Crippen molar-refractivity contribution in [1.29, 1.82) is 0 Å². The lowest BCUT2D eigenvalue weighted by Gasteiger charge is -2.23. The minimum Gasteiger partial charge on any atom is -0.0625 e. The molecule has 1 rings (SSSR count). The Hall–Kier alpha value is 0. The molecule has 0 radical (unpaired) electrons. The van der Waals surface area contributed by atoms with Crippen LogP contribution in [0.25, 0.3) is 0 Å². The van der Waals surface area contributed by atoms with E-state index in [1.54, 1.807) is 0 Å². The molecule has 1 fully saturated rings. The van der Waals surface area contributed by atoms with Crippen molar-refractivity contribution >= 4 is 0 Å². The van der Waals surface area contributed by atoms with Crippen molar-refractivity contribution in [2.45, 2.75) is 60.8 Å². The van der Waals surface area contributed by atoms with Crippen molar-refractivity contribution < 1.29 is 0 Å². The minimum atomic E-state index is 0.704. The van der Waals surface area contributed by atoms with Crippen LogP contribution in [0, 0.1) is 29.1 Å². The third-order valence-corrected chi connectivity index (χ3v) is 4.53. The highest BCUT2D eigenvalue weighted by Gasteiger charge is 2.46. The van der Waals surface area contributed by atoms with Gasteiger partial charge in [0.05, 0.1) is 0 Å². The van der Waals surface area contributed by atoms with Gasteiger partial charge in [-0.05, 0) is 48.3 Å². The Morgan fingerprint density at radius 2 is 1.71 bits per heavy atom. The summed E-state index contributed by atoms with van der Waals surface area (Å²) in [6.45, 7) is 14.4. The molecule has 0 aromatic rings. The second-order valence-electron chi connectivity index (χ2n) is 6.53. The van der Waals surface area contributed by atoms with Crippen LogP contribution in [0.2, 0.25) is 0 Å². The number of hydrogen-bond acceptors (Lipinski definition) is 0. The van der Waals surface area contributed by atoms with Crippen molar-refractivity contribution in [1.82, 2.24) is 0 Å². The van der Waals surface area contributed by atoms with Crippen molar-refractivity contribution in [2.24, 2.45) is 29.1 Å². The van der Waals surface area contributed by atoms with E-state index >= 15 is 0 Å². The van der Waals surface area contributed by atoms with Crippen molar-refractivity contribution in [3.8, 4) is 0 Å². The standard InChI is InChI=1S/C14H28/c1-10(2)12(4)7-11(3)8-14(6)9-13(14)5/h10-13H,7-9H2,1-6H3. The van der Waals surface area contributed by atoms with Gasteiger partial charge in [-0.15, -0.1) is 0 Å². The average molecular weight is 196 g/mol. The van der Waals surface area contributed by atoms with Crippen LogP contribution in [0.15, 0.2) is 0 Å². The predicted molar refractivity (Wildman–Crippen MR) is 64.3 cm³/mol. The highest BCUT2D eigenvalue weighted by atomic mass is 14.5.